The summed E-state index contributed by atoms with van der Waals surface area (Å²) in [6.07, 6.45) is 4.78. The average Bonchev–Trinajstić information content (AvgIpc) is 3.10. The van der Waals surface area contributed by atoms with E-state index in [0.717, 1.165) is 12.1 Å². The third kappa shape index (κ3) is 2.94. The van der Waals surface area contributed by atoms with Gasteiger partial charge in [0.05, 0.1) is 12.5 Å². The van der Waals surface area contributed by atoms with Crippen molar-refractivity contribution in [3.05, 3.63) is 48.4 Å². The summed E-state index contributed by atoms with van der Waals surface area (Å²) in [5.74, 6) is 0. The molecule has 1 aliphatic rings. The molecule has 106 valence electrons. The maximum atomic E-state index is 5.13. The van der Waals surface area contributed by atoms with Gasteiger partial charge >= 0.3 is 0 Å². The summed E-state index contributed by atoms with van der Waals surface area (Å²) < 4.78 is 5.13. The number of furan rings is 1. The van der Waals surface area contributed by atoms with Gasteiger partial charge in [0.2, 0.25) is 0 Å². The lowest BCUT2D eigenvalue weighted by atomic mass is 10.1. The number of hydrogen-bond donors (Lipinski definition) is 0. The minimum Gasteiger partial charge on any atom is -0.472 e. The second-order valence-electron chi connectivity index (χ2n) is 5.85. The topological polar surface area (TPSA) is 19.6 Å². The van der Waals surface area contributed by atoms with Crippen LogP contribution < -0.4 is 0 Å². The second-order valence-corrected chi connectivity index (χ2v) is 5.85. The van der Waals surface area contributed by atoms with Crippen molar-refractivity contribution in [1.29, 1.82) is 0 Å². The van der Waals surface area contributed by atoms with E-state index in [0.29, 0.717) is 6.04 Å². The Kier molecular flexibility index (Phi) is 3.90. The van der Waals surface area contributed by atoms with Gasteiger partial charge in [0, 0.05) is 31.2 Å². The number of likely N-dealkylation sites (N-methyl/N-ethyl adjacent to an activating group) is 1. The first-order valence-corrected chi connectivity index (χ1v) is 7.22. The molecule has 2 heterocycles. The second kappa shape index (κ2) is 5.81. The molecule has 0 saturated carbocycles. The van der Waals surface area contributed by atoms with Gasteiger partial charge in [0.25, 0.3) is 0 Å². The molecular weight excluding hydrogens is 248 g/mol. The van der Waals surface area contributed by atoms with Gasteiger partial charge in [-0.2, -0.15) is 0 Å². The van der Waals surface area contributed by atoms with E-state index in [1.807, 2.05) is 6.07 Å². The number of likely N-dealkylation sites (tertiary alicyclic amines) is 1. The summed E-state index contributed by atoms with van der Waals surface area (Å²) in [6.45, 7) is 3.43. The van der Waals surface area contributed by atoms with Crippen LogP contribution in [-0.4, -0.2) is 43.0 Å². The predicted octanol–water partition coefficient (Wildman–Crippen LogP) is 3.08. The number of hydrogen-bond acceptors (Lipinski definition) is 3. The van der Waals surface area contributed by atoms with Gasteiger partial charge in [-0.25, -0.2) is 0 Å². The van der Waals surface area contributed by atoms with Crippen molar-refractivity contribution in [3.63, 3.8) is 0 Å². The maximum absolute atomic E-state index is 5.13. The normalized spacial score (nSPS) is 19.9. The Morgan fingerprint density at radius 2 is 1.95 bits per heavy atom. The van der Waals surface area contributed by atoms with Gasteiger partial charge in [-0.05, 0) is 37.7 Å². The highest BCUT2D eigenvalue weighted by atomic mass is 16.3. The Morgan fingerprint density at radius 1 is 1.15 bits per heavy atom. The molecule has 1 aromatic carbocycles. The molecule has 1 aromatic heterocycles. The van der Waals surface area contributed by atoms with Crippen LogP contribution in [0.5, 0.6) is 0 Å². The Morgan fingerprint density at radius 3 is 2.55 bits per heavy atom. The zero-order valence-electron chi connectivity index (χ0n) is 12.2. The molecule has 3 rings (SSSR count). The van der Waals surface area contributed by atoms with Crippen LogP contribution in [0.25, 0.3) is 11.1 Å². The van der Waals surface area contributed by atoms with Gasteiger partial charge in [0.1, 0.15) is 0 Å². The molecule has 0 bridgehead atoms. The summed E-state index contributed by atoms with van der Waals surface area (Å²) in [7, 11) is 4.35. The first kappa shape index (κ1) is 13.4. The summed E-state index contributed by atoms with van der Waals surface area (Å²) in [5.41, 5.74) is 3.75. The van der Waals surface area contributed by atoms with E-state index in [-0.39, 0.29) is 0 Å². The Labute approximate surface area is 120 Å². The van der Waals surface area contributed by atoms with Crippen molar-refractivity contribution in [3.8, 4) is 11.1 Å². The van der Waals surface area contributed by atoms with Gasteiger partial charge in [-0.15, -0.1) is 0 Å². The molecule has 0 amide bonds. The van der Waals surface area contributed by atoms with E-state index in [2.05, 4.69) is 48.2 Å². The van der Waals surface area contributed by atoms with Gasteiger partial charge < -0.3 is 9.32 Å². The van der Waals surface area contributed by atoms with Gasteiger partial charge in [-0.1, -0.05) is 24.3 Å². The van der Waals surface area contributed by atoms with E-state index in [4.69, 9.17) is 4.42 Å². The molecule has 1 unspecified atom stereocenters. The zero-order valence-corrected chi connectivity index (χ0v) is 12.2. The van der Waals surface area contributed by atoms with E-state index in [1.165, 1.54) is 30.6 Å². The minimum atomic E-state index is 0.709. The third-order valence-corrected chi connectivity index (χ3v) is 4.19. The van der Waals surface area contributed by atoms with Crippen LogP contribution in [-0.2, 0) is 6.54 Å². The molecule has 1 aliphatic heterocycles. The highest BCUT2D eigenvalue weighted by Crippen LogP contribution is 2.21. The van der Waals surface area contributed by atoms with Crippen LogP contribution in [0.3, 0.4) is 0 Å². The number of benzene rings is 1. The van der Waals surface area contributed by atoms with E-state index >= 15 is 0 Å². The molecule has 2 aromatic rings. The number of nitrogens with zero attached hydrogens (tertiary/aromatic N) is 2. The Bertz CT molecular complexity index is 531. The van der Waals surface area contributed by atoms with Crippen molar-refractivity contribution in [2.45, 2.75) is 19.0 Å². The molecule has 20 heavy (non-hydrogen) atoms. The van der Waals surface area contributed by atoms with Crippen molar-refractivity contribution >= 4 is 0 Å². The van der Waals surface area contributed by atoms with Crippen LogP contribution in [0.4, 0.5) is 0 Å². The number of rotatable bonds is 4. The Hall–Kier alpha value is -1.58. The molecule has 0 radical (unpaired) electrons. The Balaban J connectivity index is 1.62. The first-order valence-electron chi connectivity index (χ1n) is 7.22. The molecule has 3 heteroatoms. The molecule has 1 fully saturated rings. The summed E-state index contributed by atoms with van der Waals surface area (Å²) in [6, 6.07) is 11.5. The fraction of sp³-hybridized carbons (Fsp3) is 0.412. The SMILES string of the molecule is CN(C)C1CCN(Cc2ccc(-c3ccoc3)cc2)C1. The summed E-state index contributed by atoms with van der Waals surface area (Å²) in [4.78, 5) is 4.87. The highest BCUT2D eigenvalue weighted by molar-refractivity contribution is 5.62. The van der Waals surface area contributed by atoms with E-state index in [1.54, 1.807) is 12.5 Å². The quantitative estimate of drug-likeness (QED) is 0.851. The summed E-state index contributed by atoms with van der Waals surface area (Å²) in [5, 5.41) is 0. The predicted molar refractivity (Wildman–Crippen MR) is 81.5 cm³/mol. The average molecular weight is 270 g/mol. The van der Waals surface area contributed by atoms with Crippen LogP contribution in [0, 0.1) is 0 Å². The lowest BCUT2D eigenvalue weighted by Crippen LogP contribution is -2.31. The lowest BCUT2D eigenvalue weighted by Gasteiger charge is -2.20. The van der Waals surface area contributed by atoms with Crippen LogP contribution in [0.15, 0.2) is 47.3 Å². The monoisotopic (exact) mass is 270 g/mol. The van der Waals surface area contributed by atoms with Crippen molar-refractivity contribution in [1.82, 2.24) is 9.80 Å². The van der Waals surface area contributed by atoms with Crippen molar-refractivity contribution in [2.75, 3.05) is 27.2 Å². The molecule has 1 atom stereocenters. The summed E-state index contributed by atoms with van der Waals surface area (Å²) >= 11 is 0. The van der Waals surface area contributed by atoms with Crippen molar-refractivity contribution < 1.29 is 4.42 Å². The largest absolute Gasteiger partial charge is 0.472 e. The van der Waals surface area contributed by atoms with Crippen molar-refractivity contribution in [2.24, 2.45) is 0 Å². The fourth-order valence-electron chi connectivity index (χ4n) is 2.87. The van der Waals surface area contributed by atoms with Crippen LogP contribution in [0.1, 0.15) is 12.0 Å². The van der Waals surface area contributed by atoms with E-state index in [9.17, 15) is 0 Å². The zero-order chi connectivity index (χ0) is 13.9. The fourth-order valence-corrected chi connectivity index (χ4v) is 2.87. The highest BCUT2D eigenvalue weighted by Gasteiger charge is 2.23. The molecule has 0 N–H and O–H groups in total. The lowest BCUT2D eigenvalue weighted by molar-refractivity contribution is 0.264. The molecular formula is C17H22N2O. The minimum absolute atomic E-state index is 0.709. The molecule has 1 saturated heterocycles. The van der Waals surface area contributed by atoms with Gasteiger partial charge in [-0.3, -0.25) is 4.90 Å². The smallest absolute Gasteiger partial charge is 0.0980 e. The first-order chi connectivity index (χ1) is 9.72. The van der Waals surface area contributed by atoms with Gasteiger partial charge in [0.15, 0.2) is 0 Å². The maximum Gasteiger partial charge on any atom is 0.0980 e. The van der Waals surface area contributed by atoms with E-state index < -0.39 is 0 Å². The molecule has 0 aliphatic carbocycles. The van der Waals surface area contributed by atoms with Crippen LogP contribution >= 0.6 is 0 Å². The molecule has 3 nitrogen and oxygen atoms in total. The molecule has 0 spiro atoms. The standard InChI is InChI=1S/C17H22N2O/c1-18(2)17-7-9-19(12-17)11-14-3-5-15(6-4-14)16-8-10-20-13-16/h3-6,8,10,13,17H,7,9,11-12H2,1-2H3. The van der Waals surface area contributed by atoms with Crippen LogP contribution in [0.2, 0.25) is 0 Å². The third-order valence-electron chi connectivity index (χ3n) is 4.19.